The van der Waals surface area contributed by atoms with Crippen molar-refractivity contribution in [3.8, 4) is 0 Å². The molecule has 0 amide bonds. The average molecular weight is 273 g/mol. The van der Waals surface area contributed by atoms with Gasteiger partial charge in [-0.2, -0.15) is 0 Å². The highest BCUT2D eigenvalue weighted by Gasteiger charge is 2.09. The maximum absolute atomic E-state index is 6.09. The standard InChI is InChI=1S/C11H10Cl2N2S/c12-9-2-1-3-10(13)8(9)4-11-15-6-7(5-14)16-11/h1-3,6H,4-5,14H2. The van der Waals surface area contributed by atoms with E-state index in [1.165, 1.54) is 0 Å². The second-order valence-electron chi connectivity index (χ2n) is 3.30. The van der Waals surface area contributed by atoms with Crippen LogP contribution in [0.4, 0.5) is 0 Å². The number of nitrogens with zero attached hydrogens (tertiary/aromatic N) is 1. The minimum atomic E-state index is 0.522. The van der Waals surface area contributed by atoms with Crippen molar-refractivity contribution in [1.82, 2.24) is 4.98 Å². The lowest BCUT2D eigenvalue weighted by Gasteiger charge is -2.03. The first-order valence-electron chi connectivity index (χ1n) is 4.77. The highest BCUT2D eigenvalue weighted by Crippen LogP contribution is 2.28. The highest BCUT2D eigenvalue weighted by atomic mass is 35.5. The number of thiazole rings is 1. The van der Waals surface area contributed by atoms with Crippen LogP contribution in [0, 0.1) is 0 Å². The second kappa shape index (κ2) is 5.15. The minimum Gasteiger partial charge on any atom is -0.326 e. The van der Waals surface area contributed by atoms with Crippen LogP contribution in [0.2, 0.25) is 10.0 Å². The fourth-order valence-corrected chi connectivity index (χ4v) is 2.72. The Hall–Kier alpha value is -0.610. The number of rotatable bonds is 3. The summed E-state index contributed by atoms with van der Waals surface area (Å²) in [5.41, 5.74) is 6.45. The third kappa shape index (κ3) is 2.55. The van der Waals surface area contributed by atoms with Crippen LogP contribution in [0.5, 0.6) is 0 Å². The van der Waals surface area contributed by atoms with Crippen molar-refractivity contribution in [3.05, 3.63) is 49.9 Å². The Morgan fingerprint density at radius 2 is 1.94 bits per heavy atom. The van der Waals surface area contributed by atoms with E-state index in [0.29, 0.717) is 23.0 Å². The van der Waals surface area contributed by atoms with E-state index in [2.05, 4.69) is 4.98 Å². The van der Waals surface area contributed by atoms with Gasteiger partial charge in [-0.1, -0.05) is 29.3 Å². The maximum Gasteiger partial charge on any atom is 0.0973 e. The summed E-state index contributed by atoms with van der Waals surface area (Å²) >= 11 is 13.8. The zero-order valence-corrected chi connectivity index (χ0v) is 10.7. The molecule has 0 saturated carbocycles. The Morgan fingerprint density at radius 3 is 2.50 bits per heavy atom. The van der Waals surface area contributed by atoms with Crippen LogP contribution in [0.25, 0.3) is 0 Å². The van der Waals surface area contributed by atoms with Crippen LogP contribution >= 0.6 is 34.5 Å². The van der Waals surface area contributed by atoms with Gasteiger partial charge in [-0.3, -0.25) is 0 Å². The summed E-state index contributed by atoms with van der Waals surface area (Å²) in [5, 5.41) is 2.34. The summed E-state index contributed by atoms with van der Waals surface area (Å²) in [6.45, 7) is 0.522. The molecule has 1 aromatic carbocycles. The first-order valence-corrected chi connectivity index (χ1v) is 6.34. The summed E-state index contributed by atoms with van der Waals surface area (Å²) in [5.74, 6) is 0. The highest BCUT2D eigenvalue weighted by molar-refractivity contribution is 7.11. The minimum absolute atomic E-state index is 0.522. The molecule has 5 heteroatoms. The molecule has 2 nitrogen and oxygen atoms in total. The van der Waals surface area contributed by atoms with E-state index in [-0.39, 0.29) is 0 Å². The topological polar surface area (TPSA) is 38.9 Å². The quantitative estimate of drug-likeness (QED) is 0.929. The Kier molecular flexibility index (Phi) is 3.82. The van der Waals surface area contributed by atoms with Gasteiger partial charge < -0.3 is 5.73 Å². The average Bonchev–Trinajstić information content (AvgIpc) is 2.71. The van der Waals surface area contributed by atoms with Gasteiger partial charge in [0.1, 0.15) is 0 Å². The summed E-state index contributed by atoms with van der Waals surface area (Å²) in [6, 6.07) is 5.50. The Labute approximate surface area is 108 Å². The number of halogens is 2. The van der Waals surface area contributed by atoms with Crippen LogP contribution in [0.3, 0.4) is 0 Å². The predicted molar refractivity (Wildman–Crippen MR) is 69.3 cm³/mol. The molecule has 2 rings (SSSR count). The molecule has 0 radical (unpaired) electrons. The lowest BCUT2D eigenvalue weighted by molar-refractivity contribution is 1.08. The van der Waals surface area contributed by atoms with Gasteiger partial charge in [0.05, 0.1) is 5.01 Å². The molecule has 0 unspecified atom stereocenters. The summed E-state index contributed by atoms with van der Waals surface area (Å²) < 4.78 is 0. The third-order valence-corrected chi connectivity index (χ3v) is 3.92. The summed E-state index contributed by atoms with van der Waals surface area (Å²) in [6.07, 6.45) is 2.45. The summed E-state index contributed by atoms with van der Waals surface area (Å²) in [4.78, 5) is 5.35. The zero-order valence-electron chi connectivity index (χ0n) is 8.41. The largest absolute Gasteiger partial charge is 0.326 e. The number of nitrogens with two attached hydrogens (primary N) is 1. The monoisotopic (exact) mass is 272 g/mol. The SMILES string of the molecule is NCc1cnc(Cc2c(Cl)cccc2Cl)s1. The Balaban J connectivity index is 2.26. The number of hydrogen-bond donors (Lipinski definition) is 1. The number of hydrogen-bond acceptors (Lipinski definition) is 3. The molecule has 0 atom stereocenters. The molecule has 0 bridgehead atoms. The van der Waals surface area contributed by atoms with Gasteiger partial charge in [-0.15, -0.1) is 11.3 Å². The van der Waals surface area contributed by atoms with Crippen molar-refractivity contribution in [2.45, 2.75) is 13.0 Å². The molecule has 2 N–H and O–H groups in total. The van der Waals surface area contributed by atoms with E-state index in [9.17, 15) is 0 Å². The normalized spacial score (nSPS) is 10.7. The molecule has 0 aliphatic carbocycles. The van der Waals surface area contributed by atoms with E-state index in [4.69, 9.17) is 28.9 Å². The molecule has 0 fully saturated rings. The van der Waals surface area contributed by atoms with E-state index in [1.807, 2.05) is 18.2 Å². The first-order chi connectivity index (χ1) is 7.70. The molecule has 2 aromatic rings. The smallest absolute Gasteiger partial charge is 0.0973 e. The van der Waals surface area contributed by atoms with Crippen molar-refractivity contribution in [3.63, 3.8) is 0 Å². The molecule has 0 spiro atoms. The summed E-state index contributed by atoms with van der Waals surface area (Å²) in [7, 11) is 0. The van der Waals surface area contributed by atoms with Crippen molar-refractivity contribution in [2.24, 2.45) is 5.73 Å². The van der Waals surface area contributed by atoms with Gasteiger partial charge in [-0.05, 0) is 17.7 Å². The van der Waals surface area contributed by atoms with Crippen molar-refractivity contribution >= 4 is 34.5 Å². The first kappa shape index (κ1) is 11.9. The van der Waals surface area contributed by atoms with E-state index in [0.717, 1.165) is 15.4 Å². The fraction of sp³-hybridized carbons (Fsp3) is 0.182. The number of benzene rings is 1. The lowest BCUT2D eigenvalue weighted by Crippen LogP contribution is -1.91. The molecule has 1 heterocycles. The van der Waals surface area contributed by atoms with Crippen molar-refractivity contribution in [1.29, 1.82) is 0 Å². The molecule has 1 aromatic heterocycles. The van der Waals surface area contributed by atoms with Gasteiger partial charge in [0.15, 0.2) is 0 Å². The van der Waals surface area contributed by atoms with E-state index < -0.39 is 0 Å². The fourth-order valence-electron chi connectivity index (χ4n) is 1.38. The van der Waals surface area contributed by atoms with Gasteiger partial charge in [0.2, 0.25) is 0 Å². The molecule has 0 saturated heterocycles. The third-order valence-electron chi connectivity index (χ3n) is 2.19. The van der Waals surface area contributed by atoms with Crippen molar-refractivity contribution < 1.29 is 0 Å². The molecule has 84 valence electrons. The molecular weight excluding hydrogens is 263 g/mol. The van der Waals surface area contributed by atoms with Crippen molar-refractivity contribution in [2.75, 3.05) is 0 Å². The van der Waals surface area contributed by atoms with E-state index >= 15 is 0 Å². The molecule has 0 aliphatic heterocycles. The van der Waals surface area contributed by atoms with E-state index in [1.54, 1.807) is 17.5 Å². The van der Waals surface area contributed by atoms with Crippen LogP contribution < -0.4 is 5.73 Å². The van der Waals surface area contributed by atoms with Gasteiger partial charge in [0, 0.05) is 34.1 Å². The van der Waals surface area contributed by atoms with Gasteiger partial charge in [-0.25, -0.2) is 4.98 Å². The van der Waals surface area contributed by atoms with Crippen LogP contribution in [0.15, 0.2) is 24.4 Å². The molecule has 0 aliphatic rings. The lowest BCUT2D eigenvalue weighted by atomic mass is 10.1. The van der Waals surface area contributed by atoms with Crippen LogP contribution in [0.1, 0.15) is 15.4 Å². The molecular formula is C11H10Cl2N2S. The maximum atomic E-state index is 6.09. The predicted octanol–water partition coefficient (Wildman–Crippen LogP) is 3.50. The van der Waals surface area contributed by atoms with Crippen LogP contribution in [-0.2, 0) is 13.0 Å². The zero-order chi connectivity index (χ0) is 11.5. The Bertz CT molecular complexity index is 476. The molecule has 16 heavy (non-hydrogen) atoms. The van der Waals surface area contributed by atoms with Crippen LogP contribution in [-0.4, -0.2) is 4.98 Å². The second-order valence-corrected chi connectivity index (χ2v) is 5.32. The number of aromatic nitrogens is 1. The Morgan fingerprint density at radius 1 is 1.25 bits per heavy atom. The van der Waals surface area contributed by atoms with Gasteiger partial charge in [0.25, 0.3) is 0 Å². The van der Waals surface area contributed by atoms with Gasteiger partial charge >= 0.3 is 0 Å².